The van der Waals surface area contributed by atoms with Crippen molar-refractivity contribution in [3.63, 3.8) is 0 Å². The molecule has 1 aliphatic carbocycles. The number of carboxylic acids is 1. The van der Waals surface area contributed by atoms with Crippen LogP contribution in [0.15, 0.2) is 0 Å². The van der Waals surface area contributed by atoms with Crippen LogP contribution in [0.3, 0.4) is 0 Å². The Hall–Kier alpha value is -0.570. The van der Waals surface area contributed by atoms with Crippen LogP contribution in [0.2, 0.25) is 0 Å². The van der Waals surface area contributed by atoms with Crippen LogP contribution in [0.1, 0.15) is 66.2 Å². The number of rotatable bonds is 5. The van der Waals surface area contributed by atoms with E-state index in [0.717, 1.165) is 19.3 Å². The van der Waals surface area contributed by atoms with Gasteiger partial charge in [0.1, 0.15) is 0 Å². The molecule has 3 nitrogen and oxygen atoms in total. The number of aliphatic hydroxyl groups is 1. The zero-order valence-corrected chi connectivity index (χ0v) is 12.2. The largest absolute Gasteiger partial charge is 0.481 e. The molecule has 0 bridgehead atoms. The Balaban J connectivity index is 2.81. The second-order valence-electron chi connectivity index (χ2n) is 6.63. The van der Waals surface area contributed by atoms with Gasteiger partial charge in [0.15, 0.2) is 0 Å². The summed E-state index contributed by atoms with van der Waals surface area (Å²) < 4.78 is 0. The van der Waals surface area contributed by atoms with Crippen LogP contribution in [0.5, 0.6) is 0 Å². The molecule has 0 spiro atoms. The van der Waals surface area contributed by atoms with Crippen molar-refractivity contribution in [1.29, 1.82) is 0 Å². The topological polar surface area (TPSA) is 57.5 Å². The first kappa shape index (κ1) is 15.5. The Labute approximate surface area is 111 Å². The SMILES string of the molecule is CCC1CCC(CC(C)(O)C(C)C)(C(=O)O)CC1. The predicted octanol–water partition coefficient (Wildman–Crippen LogP) is 3.45. The van der Waals surface area contributed by atoms with Crippen LogP contribution in [-0.2, 0) is 4.79 Å². The van der Waals surface area contributed by atoms with Crippen molar-refractivity contribution < 1.29 is 15.0 Å². The van der Waals surface area contributed by atoms with E-state index in [0.29, 0.717) is 25.2 Å². The molecule has 1 fully saturated rings. The first-order valence-electron chi connectivity index (χ1n) is 7.19. The first-order valence-corrected chi connectivity index (χ1v) is 7.19. The zero-order chi connectivity index (χ0) is 14.0. The minimum absolute atomic E-state index is 0.0811. The Bertz CT molecular complexity index is 286. The molecule has 0 aromatic carbocycles. The molecule has 1 rings (SSSR count). The average molecular weight is 256 g/mol. The molecule has 0 amide bonds. The van der Waals surface area contributed by atoms with E-state index in [9.17, 15) is 15.0 Å². The van der Waals surface area contributed by atoms with E-state index in [1.54, 1.807) is 6.92 Å². The number of carboxylic acid groups (broad SMARTS) is 1. The minimum Gasteiger partial charge on any atom is -0.481 e. The Morgan fingerprint density at radius 1 is 1.39 bits per heavy atom. The van der Waals surface area contributed by atoms with E-state index >= 15 is 0 Å². The second kappa shape index (κ2) is 5.60. The minimum atomic E-state index is -0.891. The molecule has 0 aromatic heterocycles. The maximum absolute atomic E-state index is 11.7. The molecule has 106 valence electrons. The van der Waals surface area contributed by atoms with Gasteiger partial charge in [0.05, 0.1) is 11.0 Å². The Kier molecular flexibility index (Phi) is 4.82. The second-order valence-corrected chi connectivity index (χ2v) is 6.63. The summed E-state index contributed by atoms with van der Waals surface area (Å²) in [5.41, 5.74) is -1.60. The van der Waals surface area contributed by atoms with E-state index in [2.05, 4.69) is 6.92 Å². The van der Waals surface area contributed by atoms with Gasteiger partial charge in [0.25, 0.3) is 0 Å². The van der Waals surface area contributed by atoms with Crippen LogP contribution < -0.4 is 0 Å². The smallest absolute Gasteiger partial charge is 0.309 e. The lowest BCUT2D eigenvalue weighted by molar-refractivity contribution is -0.158. The normalized spacial score (nSPS) is 32.2. The average Bonchev–Trinajstić information content (AvgIpc) is 2.29. The van der Waals surface area contributed by atoms with Crippen molar-refractivity contribution in [1.82, 2.24) is 0 Å². The van der Waals surface area contributed by atoms with Gasteiger partial charge in [-0.3, -0.25) is 4.79 Å². The van der Waals surface area contributed by atoms with Crippen LogP contribution >= 0.6 is 0 Å². The van der Waals surface area contributed by atoms with E-state index in [1.165, 1.54) is 0 Å². The standard InChI is InChI=1S/C15H28O3/c1-5-12-6-8-15(9-7-12,13(16)17)10-14(4,18)11(2)3/h11-12,18H,5-10H2,1-4H3,(H,16,17). The number of hydrogen-bond acceptors (Lipinski definition) is 2. The number of carbonyl (C=O) groups is 1. The summed E-state index contributed by atoms with van der Waals surface area (Å²) in [5.74, 6) is 0.0251. The van der Waals surface area contributed by atoms with Gasteiger partial charge in [0, 0.05) is 0 Å². The van der Waals surface area contributed by atoms with E-state index < -0.39 is 17.0 Å². The third-order valence-electron chi connectivity index (χ3n) is 5.03. The lowest BCUT2D eigenvalue weighted by Crippen LogP contribution is -2.44. The zero-order valence-electron chi connectivity index (χ0n) is 12.2. The predicted molar refractivity (Wildman–Crippen MR) is 72.4 cm³/mol. The van der Waals surface area contributed by atoms with E-state index in [-0.39, 0.29) is 5.92 Å². The molecule has 0 saturated heterocycles. The van der Waals surface area contributed by atoms with Gasteiger partial charge >= 0.3 is 5.97 Å². The van der Waals surface area contributed by atoms with Crippen molar-refractivity contribution in [2.45, 2.75) is 71.8 Å². The maximum atomic E-state index is 11.7. The summed E-state index contributed by atoms with van der Waals surface area (Å²) in [6, 6.07) is 0. The monoisotopic (exact) mass is 256 g/mol. The van der Waals surface area contributed by atoms with E-state index in [4.69, 9.17) is 0 Å². The molecule has 1 atom stereocenters. The summed E-state index contributed by atoms with van der Waals surface area (Å²) in [5, 5.41) is 20.0. The third kappa shape index (κ3) is 3.25. The van der Waals surface area contributed by atoms with Gasteiger partial charge in [-0.2, -0.15) is 0 Å². The fourth-order valence-corrected chi connectivity index (χ4v) is 2.99. The van der Waals surface area contributed by atoms with E-state index in [1.807, 2.05) is 13.8 Å². The highest BCUT2D eigenvalue weighted by atomic mass is 16.4. The summed E-state index contributed by atoms with van der Waals surface area (Å²) in [6.07, 6.45) is 4.90. The molecule has 0 radical (unpaired) electrons. The van der Waals surface area contributed by atoms with Gasteiger partial charge in [-0.15, -0.1) is 0 Å². The van der Waals surface area contributed by atoms with Gasteiger partial charge in [0.2, 0.25) is 0 Å². The van der Waals surface area contributed by atoms with Crippen molar-refractivity contribution in [2.75, 3.05) is 0 Å². The molecule has 2 N–H and O–H groups in total. The van der Waals surface area contributed by atoms with Crippen LogP contribution in [0.25, 0.3) is 0 Å². The van der Waals surface area contributed by atoms with Crippen molar-refractivity contribution in [2.24, 2.45) is 17.3 Å². The van der Waals surface area contributed by atoms with Gasteiger partial charge in [-0.25, -0.2) is 0 Å². The van der Waals surface area contributed by atoms with Crippen LogP contribution in [0.4, 0.5) is 0 Å². The van der Waals surface area contributed by atoms with Crippen LogP contribution in [-0.4, -0.2) is 21.8 Å². The maximum Gasteiger partial charge on any atom is 0.309 e. The van der Waals surface area contributed by atoms with Gasteiger partial charge < -0.3 is 10.2 Å². The summed E-state index contributed by atoms with van der Waals surface area (Å²) in [6.45, 7) is 7.84. The summed E-state index contributed by atoms with van der Waals surface area (Å²) >= 11 is 0. The Morgan fingerprint density at radius 3 is 2.22 bits per heavy atom. The molecular formula is C15H28O3. The summed E-state index contributed by atoms with van der Waals surface area (Å²) in [7, 11) is 0. The molecule has 3 heteroatoms. The van der Waals surface area contributed by atoms with Crippen molar-refractivity contribution in [3.05, 3.63) is 0 Å². The highest BCUT2D eigenvalue weighted by Crippen LogP contribution is 2.46. The molecule has 0 aliphatic heterocycles. The molecule has 1 unspecified atom stereocenters. The fraction of sp³-hybridized carbons (Fsp3) is 0.933. The number of aliphatic carboxylic acids is 1. The molecular weight excluding hydrogens is 228 g/mol. The highest BCUT2D eigenvalue weighted by Gasteiger charge is 2.46. The highest BCUT2D eigenvalue weighted by molar-refractivity contribution is 5.74. The quantitative estimate of drug-likeness (QED) is 0.792. The Morgan fingerprint density at radius 2 is 1.89 bits per heavy atom. The molecule has 1 aliphatic rings. The molecule has 0 aromatic rings. The molecule has 1 saturated carbocycles. The van der Waals surface area contributed by atoms with Crippen molar-refractivity contribution in [3.8, 4) is 0 Å². The number of hydrogen-bond donors (Lipinski definition) is 2. The van der Waals surface area contributed by atoms with Crippen molar-refractivity contribution >= 4 is 5.97 Å². The molecule has 0 heterocycles. The summed E-state index contributed by atoms with van der Waals surface area (Å²) in [4.78, 5) is 11.7. The third-order valence-corrected chi connectivity index (χ3v) is 5.03. The molecule has 18 heavy (non-hydrogen) atoms. The van der Waals surface area contributed by atoms with Crippen LogP contribution in [0, 0.1) is 17.3 Å². The van der Waals surface area contributed by atoms with Gasteiger partial charge in [-0.1, -0.05) is 27.2 Å². The first-order chi connectivity index (χ1) is 8.23. The lowest BCUT2D eigenvalue weighted by atomic mass is 9.64. The lowest BCUT2D eigenvalue weighted by Gasteiger charge is -2.42. The van der Waals surface area contributed by atoms with Gasteiger partial charge in [-0.05, 0) is 50.9 Å². The fourth-order valence-electron chi connectivity index (χ4n) is 2.99.